The van der Waals surface area contributed by atoms with Crippen molar-refractivity contribution in [2.75, 3.05) is 20.2 Å². The van der Waals surface area contributed by atoms with Crippen LogP contribution < -0.4 is 4.74 Å². The number of halogens is 2. The summed E-state index contributed by atoms with van der Waals surface area (Å²) >= 11 is 0. The van der Waals surface area contributed by atoms with Gasteiger partial charge in [0.25, 0.3) is 5.91 Å². The smallest absolute Gasteiger partial charge is 0.260 e. The molecule has 1 aromatic carbocycles. The Bertz CT molecular complexity index is 516. The van der Waals surface area contributed by atoms with E-state index in [1.165, 1.54) is 4.90 Å². The maximum Gasteiger partial charge on any atom is 0.260 e. The fourth-order valence-electron chi connectivity index (χ4n) is 2.56. The van der Waals surface area contributed by atoms with E-state index in [2.05, 4.69) is 0 Å². The molecule has 0 unspecified atom stereocenters. The van der Waals surface area contributed by atoms with Crippen molar-refractivity contribution in [1.29, 1.82) is 0 Å². The first-order valence-electron chi connectivity index (χ1n) is 6.94. The molecule has 0 bridgehead atoms. The minimum absolute atomic E-state index is 0.169. The van der Waals surface area contributed by atoms with Crippen LogP contribution in [-0.4, -0.2) is 41.7 Å². The highest BCUT2D eigenvalue weighted by atomic mass is 19.1. The molecule has 0 atom stereocenters. The fourth-order valence-corrected chi connectivity index (χ4v) is 2.56. The standard InChI is InChI=1S/C15H19F2NO3/c1-18(10-15(20)6-2-3-7-15)14(19)9-21-13-5-4-11(16)8-12(13)17/h4-5,8,20H,2-3,6-7,9-10H2,1H3. The van der Waals surface area contributed by atoms with Crippen molar-refractivity contribution in [3.63, 3.8) is 0 Å². The molecule has 0 aliphatic heterocycles. The Morgan fingerprint density at radius 2 is 2.05 bits per heavy atom. The van der Waals surface area contributed by atoms with Gasteiger partial charge in [0.15, 0.2) is 18.2 Å². The second-order valence-electron chi connectivity index (χ2n) is 5.54. The first-order valence-corrected chi connectivity index (χ1v) is 6.94. The molecule has 6 heteroatoms. The van der Waals surface area contributed by atoms with E-state index in [9.17, 15) is 18.7 Å². The number of likely N-dealkylation sites (N-methyl/N-ethyl adjacent to an activating group) is 1. The van der Waals surface area contributed by atoms with Crippen LogP contribution in [0.2, 0.25) is 0 Å². The highest BCUT2D eigenvalue weighted by Gasteiger charge is 2.33. The molecule has 0 aromatic heterocycles. The van der Waals surface area contributed by atoms with Gasteiger partial charge in [0.1, 0.15) is 5.82 Å². The van der Waals surface area contributed by atoms with Gasteiger partial charge in [0, 0.05) is 19.7 Å². The number of aliphatic hydroxyl groups is 1. The molecule has 0 heterocycles. The highest BCUT2D eigenvalue weighted by Crippen LogP contribution is 2.29. The predicted molar refractivity (Wildman–Crippen MR) is 72.9 cm³/mol. The SMILES string of the molecule is CN(CC1(O)CCCC1)C(=O)COc1ccc(F)cc1F. The number of nitrogens with zero attached hydrogens (tertiary/aromatic N) is 1. The monoisotopic (exact) mass is 299 g/mol. The van der Waals surface area contributed by atoms with Gasteiger partial charge in [-0.1, -0.05) is 12.8 Å². The van der Waals surface area contributed by atoms with Crippen LogP contribution in [0.15, 0.2) is 18.2 Å². The van der Waals surface area contributed by atoms with Crippen molar-refractivity contribution in [2.24, 2.45) is 0 Å². The van der Waals surface area contributed by atoms with E-state index in [0.717, 1.165) is 25.0 Å². The number of rotatable bonds is 5. The number of ether oxygens (including phenoxy) is 1. The fraction of sp³-hybridized carbons (Fsp3) is 0.533. The van der Waals surface area contributed by atoms with Crippen molar-refractivity contribution in [3.8, 4) is 5.75 Å². The molecule has 116 valence electrons. The lowest BCUT2D eigenvalue weighted by molar-refractivity contribution is -0.135. The van der Waals surface area contributed by atoms with Crippen molar-refractivity contribution in [1.82, 2.24) is 4.90 Å². The normalized spacial score (nSPS) is 16.8. The molecule has 1 amide bonds. The summed E-state index contributed by atoms with van der Waals surface area (Å²) in [4.78, 5) is 13.3. The summed E-state index contributed by atoms with van der Waals surface area (Å²) in [5.74, 6) is -2.08. The molecule has 21 heavy (non-hydrogen) atoms. The lowest BCUT2D eigenvalue weighted by Crippen LogP contribution is -2.43. The predicted octanol–water partition coefficient (Wildman–Crippen LogP) is 2.11. The van der Waals surface area contributed by atoms with Gasteiger partial charge in [-0.15, -0.1) is 0 Å². The summed E-state index contributed by atoms with van der Waals surface area (Å²) in [5, 5.41) is 10.2. The van der Waals surface area contributed by atoms with Crippen LogP contribution in [0.4, 0.5) is 8.78 Å². The molecule has 1 fully saturated rings. The van der Waals surface area contributed by atoms with Gasteiger partial charge in [-0.25, -0.2) is 8.78 Å². The van der Waals surface area contributed by atoms with E-state index in [4.69, 9.17) is 4.74 Å². The highest BCUT2D eigenvalue weighted by molar-refractivity contribution is 5.77. The van der Waals surface area contributed by atoms with Gasteiger partial charge < -0.3 is 14.7 Å². The van der Waals surface area contributed by atoms with Crippen LogP contribution in [0.5, 0.6) is 5.75 Å². The Labute approximate surface area is 122 Å². The molecule has 0 saturated heterocycles. The molecule has 1 aliphatic rings. The van der Waals surface area contributed by atoms with Crippen LogP contribution in [0.1, 0.15) is 25.7 Å². The number of carbonyl (C=O) groups excluding carboxylic acids is 1. The van der Waals surface area contributed by atoms with Gasteiger partial charge in [-0.3, -0.25) is 4.79 Å². The molecule has 1 aliphatic carbocycles. The third kappa shape index (κ3) is 4.14. The van der Waals surface area contributed by atoms with E-state index in [0.29, 0.717) is 18.9 Å². The maximum atomic E-state index is 13.4. The lowest BCUT2D eigenvalue weighted by Gasteiger charge is -2.28. The summed E-state index contributed by atoms with van der Waals surface area (Å²) in [6.45, 7) is -0.115. The summed E-state index contributed by atoms with van der Waals surface area (Å²) in [6.07, 6.45) is 3.27. The van der Waals surface area contributed by atoms with E-state index in [-0.39, 0.29) is 24.8 Å². The molecular weight excluding hydrogens is 280 g/mol. The van der Waals surface area contributed by atoms with Crippen LogP contribution in [0, 0.1) is 11.6 Å². The molecule has 1 saturated carbocycles. The van der Waals surface area contributed by atoms with Crippen molar-refractivity contribution >= 4 is 5.91 Å². The van der Waals surface area contributed by atoms with E-state index in [1.807, 2.05) is 0 Å². The number of hydrogen-bond acceptors (Lipinski definition) is 3. The Morgan fingerprint density at radius 1 is 1.38 bits per heavy atom. The first kappa shape index (κ1) is 15.7. The van der Waals surface area contributed by atoms with Gasteiger partial charge in [0.2, 0.25) is 0 Å². The van der Waals surface area contributed by atoms with Gasteiger partial charge in [-0.05, 0) is 25.0 Å². The summed E-state index contributed by atoms with van der Waals surface area (Å²) in [7, 11) is 1.57. The summed E-state index contributed by atoms with van der Waals surface area (Å²) in [6, 6.07) is 2.90. The first-order chi connectivity index (χ1) is 9.89. The molecule has 0 spiro atoms. The Morgan fingerprint density at radius 3 is 2.67 bits per heavy atom. The minimum Gasteiger partial charge on any atom is -0.481 e. The second-order valence-corrected chi connectivity index (χ2v) is 5.54. The van der Waals surface area contributed by atoms with Crippen LogP contribution in [0.25, 0.3) is 0 Å². The third-order valence-corrected chi connectivity index (χ3v) is 3.74. The molecule has 2 rings (SSSR count). The molecule has 0 radical (unpaired) electrons. The zero-order valence-electron chi connectivity index (χ0n) is 11.9. The van der Waals surface area contributed by atoms with Gasteiger partial charge in [0.05, 0.1) is 5.60 Å². The average Bonchev–Trinajstić information content (AvgIpc) is 2.83. The van der Waals surface area contributed by atoms with Crippen LogP contribution in [-0.2, 0) is 4.79 Å². The Hall–Kier alpha value is -1.69. The molecule has 1 aromatic rings. The second kappa shape index (κ2) is 6.39. The zero-order valence-corrected chi connectivity index (χ0v) is 11.9. The van der Waals surface area contributed by atoms with E-state index >= 15 is 0 Å². The van der Waals surface area contributed by atoms with E-state index in [1.54, 1.807) is 7.05 Å². The summed E-state index contributed by atoms with van der Waals surface area (Å²) < 4.78 is 31.2. The quantitative estimate of drug-likeness (QED) is 0.906. The summed E-state index contributed by atoms with van der Waals surface area (Å²) in [5.41, 5.74) is -0.828. The van der Waals surface area contributed by atoms with Crippen molar-refractivity contribution in [2.45, 2.75) is 31.3 Å². The number of carbonyl (C=O) groups is 1. The molecular formula is C15H19F2NO3. The van der Waals surface area contributed by atoms with Gasteiger partial charge in [-0.2, -0.15) is 0 Å². The number of amides is 1. The molecule has 1 N–H and O–H groups in total. The Balaban J connectivity index is 1.86. The Kier molecular flexibility index (Phi) is 4.77. The lowest BCUT2D eigenvalue weighted by atomic mass is 10.0. The largest absolute Gasteiger partial charge is 0.481 e. The zero-order chi connectivity index (χ0) is 15.5. The number of benzene rings is 1. The maximum absolute atomic E-state index is 13.4. The van der Waals surface area contributed by atoms with Crippen molar-refractivity contribution < 1.29 is 23.4 Å². The molecule has 4 nitrogen and oxygen atoms in total. The average molecular weight is 299 g/mol. The van der Waals surface area contributed by atoms with E-state index < -0.39 is 17.2 Å². The topological polar surface area (TPSA) is 49.8 Å². The van der Waals surface area contributed by atoms with Gasteiger partial charge >= 0.3 is 0 Å². The van der Waals surface area contributed by atoms with Crippen LogP contribution in [0.3, 0.4) is 0 Å². The third-order valence-electron chi connectivity index (χ3n) is 3.74. The van der Waals surface area contributed by atoms with Crippen LogP contribution >= 0.6 is 0 Å². The minimum atomic E-state index is -0.847. The number of hydrogen-bond donors (Lipinski definition) is 1. The van der Waals surface area contributed by atoms with Crippen molar-refractivity contribution in [3.05, 3.63) is 29.8 Å².